The first-order valence-electron chi connectivity index (χ1n) is 10.4. The topological polar surface area (TPSA) is 89.0 Å². The van der Waals surface area contributed by atoms with Gasteiger partial charge < -0.3 is 14.8 Å². The van der Waals surface area contributed by atoms with E-state index in [-0.39, 0.29) is 6.42 Å². The summed E-state index contributed by atoms with van der Waals surface area (Å²) in [6.07, 6.45) is 1.08. The standard InChI is InChI=1S/C25H23Cl2N3O4/c1-2-33-23-13-17(7-12-22(23)34-16-18-5-3-4-6-21(18)27)15-28-30-25(32)14-24(31)29-20-10-8-19(26)9-11-20/h3-13,15H,2,14,16H2,1H3,(H,29,31)(H,30,32). The Bertz CT molecular complexity index is 1170. The van der Waals surface area contributed by atoms with Crippen LogP contribution in [0.25, 0.3) is 0 Å². The molecule has 3 rings (SSSR count). The Balaban J connectivity index is 1.54. The molecule has 0 bridgehead atoms. The van der Waals surface area contributed by atoms with Crippen LogP contribution in [0.2, 0.25) is 10.0 Å². The molecule has 0 aliphatic carbocycles. The van der Waals surface area contributed by atoms with E-state index in [9.17, 15) is 9.59 Å². The second-order valence-corrected chi connectivity index (χ2v) is 7.89. The Hall–Kier alpha value is -3.55. The summed E-state index contributed by atoms with van der Waals surface area (Å²) in [6.45, 7) is 2.61. The number of benzene rings is 3. The molecule has 0 aliphatic rings. The first-order valence-corrected chi connectivity index (χ1v) is 11.2. The van der Waals surface area contributed by atoms with Crippen LogP contribution in [0.3, 0.4) is 0 Å². The van der Waals surface area contributed by atoms with Crippen LogP contribution in [0.4, 0.5) is 5.69 Å². The predicted molar refractivity (Wildman–Crippen MR) is 134 cm³/mol. The fourth-order valence-corrected chi connectivity index (χ4v) is 3.18. The molecule has 0 aliphatic heterocycles. The van der Waals surface area contributed by atoms with Crippen LogP contribution < -0.4 is 20.2 Å². The monoisotopic (exact) mass is 499 g/mol. The number of amides is 2. The third-order valence-electron chi connectivity index (χ3n) is 4.46. The summed E-state index contributed by atoms with van der Waals surface area (Å²) in [5.41, 5.74) is 4.43. The van der Waals surface area contributed by atoms with Crippen LogP contribution in [0.15, 0.2) is 71.8 Å². The van der Waals surface area contributed by atoms with Crippen molar-refractivity contribution in [1.29, 1.82) is 0 Å². The van der Waals surface area contributed by atoms with Gasteiger partial charge in [-0.05, 0) is 61.0 Å². The highest BCUT2D eigenvalue weighted by molar-refractivity contribution is 6.31. The molecule has 0 spiro atoms. The van der Waals surface area contributed by atoms with Crippen LogP contribution in [-0.4, -0.2) is 24.6 Å². The zero-order valence-corrected chi connectivity index (χ0v) is 19.9. The summed E-state index contributed by atoms with van der Waals surface area (Å²) in [7, 11) is 0. The SMILES string of the molecule is CCOc1cc(C=NNC(=O)CC(=O)Nc2ccc(Cl)cc2)ccc1OCc1ccccc1Cl. The third kappa shape index (κ3) is 7.79. The molecule has 9 heteroatoms. The molecule has 0 fully saturated rings. The number of hydrogen-bond donors (Lipinski definition) is 2. The first kappa shape index (κ1) is 25.1. The van der Waals surface area contributed by atoms with Crippen LogP contribution in [0.5, 0.6) is 11.5 Å². The quantitative estimate of drug-likeness (QED) is 0.220. The maximum Gasteiger partial charge on any atom is 0.249 e. The van der Waals surface area contributed by atoms with E-state index < -0.39 is 11.8 Å². The second-order valence-electron chi connectivity index (χ2n) is 7.04. The summed E-state index contributed by atoms with van der Waals surface area (Å²) in [6, 6.07) is 19.3. The first-order chi connectivity index (χ1) is 16.4. The molecule has 0 atom stereocenters. The highest BCUT2D eigenvalue weighted by atomic mass is 35.5. The van der Waals surface area contributed by atoms with Crippen LogP contribution >= 0.6 is 23.2 Å². The van der Waals surface area contributed by atoms with E-state index in [4.69, 9.17) is 32.7 Å². The normalized spacial score (nSPS) is 10.7. The molecule has 176 valence electrons. The summed E-state index contributed by atoms with van der Waals surface area (Å²) in [4.78, 5) is 24.0. The number of rotatable bonds is 10. The molecule has 2 N–H and O–H groups in total. The van der Waals surface area contributed by atoms with Crippen molar-refractivity contribution in [3.8, 4) is 11.5 Å². The van der Waals surface area contributed by atoms with Crippen LogP contribution in [-0.2, 0) is 16.2 Å². The Morgan fingerprint density at radius 3 is 2.44 bits per heavy atom. The van der Waals surface area contributed by atoms with E-state index in [1.165, 1.54) is 6.21 Å². The lowest BCUT2D eigenvalue weighted by atomic mass is 10.2. The van der Waals surface area contributed by atoms with Gasteiger partial charge in [-0.1, -0.05) is 41.4 Å². The van der Waals surface area contributed by atoms with Crippen molar-refractivity contribution in [3.05, 3.63) is 87.9 Å². The van der Waals surface area contributed by atoms with Gasteiger partial charge in [0, 0.05) is 21.3 Å². The van der Waals surface area contributed by atoms with Gasteiger partial charge in [0.25, 0.3) is 0 Å². The zero-order valence-electron chi connectivity index (χ0n) is 18.4. The molecule has 0 aromatic heterocycles. The van der Waals surface area contributed by atoms with Gasteiger partial charge in [-0.3, -0.25) is 9.59 Å². The Kier molecular flexibility index (Phi) is 9.31. The fraction of sp³-hybridized carbons (Fsp3) is 0.160. The maximum atomic E-state index is 12.0. The van der Waals surface area contributed by atoms with E-state index in [1.807, 2.05) is 25.1 Å². The van der Waals surface area contributed by atoms with Crippen molar-refractivity contribution in [2.24, 2.45) is 5.10 Å². The minimum absolute atomic E-state index is 0.293. The fourth-order valence-electron chi connectivity index (χ4n) is 2.87. The number of carbonyl (C=O) groups excluding carboxylic acids is 2. The van der Waals surface area contributed by atoms with E-state index in [2.05, 4.69) is 15.8 Å². The minimum atomic E-state index is -0.549. The Morgan fingerprint density at radius 1 is 0.941 bits per heavy atom. The van der Waals surface area contributed by atoms with Gasteiger partial charge in [-0.2, -0.15) is 5.10 Å². The van der Waals surface area contributed by atoms with Gasteiger partial charge in [0.15, 0.2) is 11.5 Å². The van der Waals surface area contributed by atoms with Crippen molar-refractivity contribution >= 4 is 46.9 Å². The second kappa shape index (κ2) is 12.6. The predicted octanol–water partition coefficient (Wildman–Crippen LogP) is 5.45. The van der Waals surface area contributed by atoms with E-state index in [0.29, 0.717) is 46.0 Å². The van der Waals surface area contributed by atoms with E-state index >= 15 is 0 Å². The molecule has 3 aromatic carbocycles. The highest BCUT2D eigenvalue weighted by Gasteiger charge is 2.10. The summed E-state index contributed by atoms with van der Waals surface area (Å²) in [5, 5.41) is 7.71. The van der Waals surface area contributed by atoms with Crippen molar-refractivity contribution < 1.29 is 19.1 Å². The minimum Gasteiger partial charge on any atom is -0.490 e. The molecule has 7 nitrogen and oxygen atoms in total. The average Bonchev–Trinajstić information content (AvgIpc) is 2.81. The smallest absolute Gasteiger partial charge is 0.249 e. The molecule has 0 saturated heterocycles. The molecule has 2 amide bonds. The number of nitrogens with zero attached hydrogens (tertiary/aromatic N) is 1. The van der Waals surface area contributed by atoms with Gasteiger partial charge in [0.2, 0.25) is 11.8 Å². The van der Waals surface area contributed by atoms with Gasteiger partial charge in [0.1, 0.15) is 13.0 Å². The lowest BCUT2D eigenvalue weighted by Crippen LogP contribution is -2.24. The number of halogens is 2. The van der Waals surface area contributed by atoms with Gasteiger partial charge in [-0.15, -0.1) is 0 Å². The van der Waals surface area contributed by atoms with Crippen molar-refractivity contribution in [3.63, 3.8) is 0 Å². The van der Waals surface area contributed by atoms with Crippen molar-refractivity contribution in [1.82, 2.24) is 5.43 Å². The van der Waals surface area contributed by atoms with Crippen LogP contribution in [0, 0.1) is 0 Å². The lowest BCUT2D eigenvalue weighted by molar-refractivity contribution is -0.126. The number of anilines is 1. The summed E-state index contributed by atoms with van der Waals surface area (Å²) >= 11 is 12.0. The molecule has 0 heterocycles. The lowest BCUT2D eigenvalue weighted by Gasteiger charge is -2.13. The molecular weight excluding hydrogens is 477 g/mol. The summed E-state index contributed by atoms with van der Waals surface area (Å²) < 4.78 is 11.6. The Morgan fingerprint density at radius 2 is 1.71 bits per heavy atom. The molecule has 0 saturated carbocycles. The van der Waals surface area contributed by atoms with Gasteiger partial charge in [0.05, 0.1) is 12.8 Å². The third-order valence-corrected chi connectivity index (χ3v) is 5.08. The van der Waals surface area contributed by atoms with Crippen LogP contribution in [0.1, 0.15) is 24.5 Å². The molecule has 3 aromatic rings. The zero-order chi connectivity index (χ0) is 24.3. The van der Waals surface area contributed by atoms with E-state index in [0.717, 1.165) is 5.56 Å². The number of hydrazone groups is 1. The average molecular weight is 500 g/mol. The van der Waals surface area contributed by atoms with Crippen molar-refractivity contribution in [2.45, 2.75) is 20.0 Å². The number of hydrogen-bond acceptors (Lipinski definition) is 5. The maximum absolute atomic E-state index is 12.0. The summed E-state index contributed by atoms with van der Waals surface area (Å²) in [5.74, 6) is 0.0788. The number of ether oxygens (including phenoxy) is 2. The number of carbonyl (C=O) groups is 2. The van der Waals surface area contributed by atoms with Gasteiger partial charge in [-0.25, -0.2) is 5.43 Å². The van der Waals surface area contributed by atoms with Crippen molar-refractivity contribution in [2.75, 3.05) is 11.9 Å². The molecule has 34 heavy (non-hydrogen) atoms. The molecule has 0 unspecified atom stereocenters. The number of nitrogens with one attached hydrogen (secondary N) is 2. The molecular formula is C25H23Cl2N3O4. The highest BCUT2D eigenvalue weighted by Crippen LogP contribution is 2.29. The van der Waals surface area contributed by atoms with E-state index in [1.54, 1.807) is 48.5 Å². The molecule has 0 radical (unpaired) electrons. The largest absolute Gasteiger partial charge is 0.490 e. The Labute approximate surface area is 207 Å². The van der Waals surface area contributed by atoms with Gasteiger partial charge >= 0.3 is 0 Å².